The van der Waals surface area contributed by atoms with Crippen LogP contribution in [0.1, 0.15) is 15.2 Å². The van der Waals surface area contributed by atoms with Crippen molar-refractivity contribution in [1.82, 2.24) is 10.4 Å². The second kappa shape index (κ2) is 5.63. The summed E-state index contributed by atoms with van der Waals surface area (Å²) in [5.41, 5.74) is 4.34. The minimum atomic E-state index is -0.199. The first-order valence-corrected chi connectivity index (χ1v) is 6.93. The van der Waals surface area contributed by atoms with E-state index in [9.17, 15) is 4.79 Å². The molecule has 0 radical (unpaired) electrons. The molecule has 0 spiro atoms. The largest absolute Gasteiger partial charge is 0.281 e. The number of nitrogens with zero attached hydrogens (tertiary/aromatic N) is 2. The highest BCUT2D eigenvalue weighted by Gasteiger charge is 2.04. The minimum absolute atomic E-state index is 0.199. The molecule has 0 atom stereocenters. The summed E-state index contributed by atoms with van der Waals surface area (Å²) in [6, 6.07) is 13.3. The zero-order valence-electron chi connectivity index (χ0n) is 10.5. The highest BCUT2D eigenvalue weighted by molar-refractivity contribution is 7.12. The van der Waals surface area contributed by atoms with Crippen LogP contribution in [0.15, 0.2) is 59.1 Å². The van der Waals surface area contributed by atoms with Crippen molar-refractivity contribution < 1.29 is 4.79 Å². The number of hydrogen-bond acceptors (Lipinski definition) is 4. The number of thiophene rings is 1. The van der Waals surface area contributed by atoms with Gasteiger partial charge in [0.1, 0.15) is 0 Å². The number of carbonyl (C=O) groups excluding carboxylic acids is 1. The highest BCUT2D eigenvalue weighted by atomic mass is 32.1. The standard InChI is InChI=1S/C15H11N3OS/c19-15(14-6-3-9-20-14)18-17-10-11-7-8-16-13-5-2-1-4-12(11)13/h1-10H,(H,18,19)/b17-10+. The first-order valence-electron chi connectivity index (χ1n) is 6.05. The molecule has 0 aliphatic carbocycles. The van der Waals surface area contributed by atoms with Gasteiger partial charge in [-0.25, -0.2) is 5.43 Å². The third kappa shape index (κ3) is 2.57. The van der Waals surface area contributed by atoms with E-state index in [0.717, 1.165) is 16.5 Å². The van der Waals surface area contributed by atoms with Crippen LogP contribution in [-0.2, 0) is 0 Å². The first kappa shape index (κ1) is 12.5. The quantitative estimate of drug-likeness (QED) is 0.592. The summed E-state index contributed by atoms with van der Waals surface area (Å²) in [6.45, 7) is 0. The Morgan fingerprint density at radius 2 is 2.10 bits per heavy atom. The molecule has 1 N–H and O–H groups in total. The lowest BCUT2D eigenvalue weighted by Crippen LogP contribution is -2.16. The zero-order valence-corrected chi connectivity index (χ0v) is 11.3. The van der Waals surface area contributed by atoms with Crippen molar-refractivity contribution in [2.75, 3.05) is 0 Å². The number of benzene rings is 1. The Morgan fingerprint density at radius 3 is 2.95 bits per heavy atom. The fraction of sp³-hybridized carbons (Fsp3) is 0. The number of hydrazone groups is 1. The van der Waals surface area contributed by atoms with Crippen molar-refractivity contribution in [3.8, 4) is 0 Å². The van der Waals surface area contributed by atoms with Crippen LogP contribution in [0.25, 0.3) is 10.9 Å². The monoisotopic (exact) mass is 281 g/mol. The maximum Gasteiger partial charge on any atom is 0.281 e. The number of fused-ring (bicyclic) bond motifs is 1. The molecule has 0 saturated carbocycles. The second-order valence-electron chi connectivity index (χ2n) is 4.09. The van der Waals surface area contributed by atoms with Gasteiger partial charge in [0.15, 0.2) is 0 Å². The number of para-hydroxylation sites is 1. The maximum absolute atomic E-state index is 11.7. The van der Waals surface area contributed by atoms with E-state index < -0.39 is 0 Å². The van der Waals surface area contributed by atoms with Crippen LogP contribution >= 0.6 is 11.3 Å². The van der Waals surface area contributed by atoms with E-state index in [0.29, 0.717) is 4.88 Å². The summed E-state index contributed by atoms with van der Waals surface area (Å²) >= 11 is 1.38. The topological polar surface area (TPSA) is 54.4 Å². The molecular weight excluding hydrogens is 270 g/mol. The van der Waals surface area contributed by atoms with Gasteiger partial charge in [0.25, 0.3) is 5.91 Å². The minimum Gasteiger partial charge on any atom is -0.266 e. The smallest absolute Gasteiger partial charge is 0.266 e. The summed E-state index contributed by atoms with van der Waals surface area (Å²) in [5.74, 6) is -0.199. The van der Waals surface area contributed by atoms with Gasteiger partial charge in [-0.2, -0.15) is 5.10 Å². The molecule has 5 heteroatoms. The van der Waals surface area contributed by atoms with Gasteiger partial charge in [-0.15, -0.1) is 11.3 Å². The Morgan fingerprint density at radius 1 is 1.20 bits per heavy atom. The molecule has 0 aliphatic rings. The van der Waals surface area contributed by atoms with E-state index in [1.807, 2.05) is 41.8 Å². The van der Waals surface area contributed by atoms with Crippen molar-refractivity contribution in [3.05, 3.63) is 64.5 Å². The molecule has 0 aliphatic heterocycles. The van der Waals surface area contributed by atoms with Gasteiger partial charge in [0.05, 0.1) is 16.6 Å². The molecule has 98 valence electrons. The summed E-state index contributed by atoms with van der Waals surface area (Å²) in [4.78, 5) is 16.7. The van der Waals surface area contributed by atoms with E-state index in [1.165, 1.54) is 11.3 Å². The molecule has 20 heavy (non-hydrogen) atoms. The second-order valence-corrected chi connectivity index (χ2v) is 5.04. The Balaban J connectivity index is 1.79. The van der Waals surface area contributed by atoms with Gasteiger partial charge in [0, 0.05) is 17.1 Å². The van der Waals surface area contributed by atoms with Gasteiger partial charge in [-0.05, 0) is 23.6 Å². The van der Waals surface area contributed by atoms with Crippen LogP contribution in [0.2, 0.25) is 0 Å². The molecule has 0 bridgehead atoms. The number of amides is 1. The average Bonchev–Trinajstić information content (AvgIpc) is 3.02. The molecule has 3 rings (SSSR count). The van der Waals surface area contributed by atoms with Crippen molar-refractivity contribution in [2.45, 2.75) is 0 Å². The zero-order chi connectivity index (χ0) is 13.8. The maximum atomic E-state index is 11.7. The lowest BCUT2D eigenvalue weighted by molar-refractivity contribution is 0.0959. The molecule has 0 saturated heterocycles. The lowest BCUT2D eigenvalue weighted by atomic mass is 10.1. The van der Waals surface area contributed by atoms with Crippen LogP contribution in [0.3, 0.4) is 0 Å². The molecular formula is C15H11N3OS. The predicted molar refractivity (Wildman–Crippen MR) is 81.1 cm³/mol. The number of aromatic nitrogens is 1. The van der Waals surface area contributed by atoms with Crippen molar-refractivity contribution in [1.29, 1.82) is 0 Å². The molecule has 3 aromatic rings. The fourth-order valence-electron chi connectivity index (χ4n) is 1.85. The third-order valence-corrected chi connectivity index (χ3v) is 3.67. The van der Waals surface area contributed by atoms with E-state index >= 15 is 0 Å². The predicted octanol–water partition coefficient (Wildman–Crippen LogP) is 3.06. The Kier molecular flexibility index (Phi) is 3.52. The van der Waals surface area contributed by atoms with Crippen LogP contribution in [0.4, 0.5) is 0 Å². The van der Waals surface area contributed by atoms with Crippen LogP contribution < -0.4 is 5.43 Å². The Bertz CT molecular complexity index is 760. The van der Waals surface area contributed by atoms with Gasteiger partial charge in [-0.1, -0.05) is 24.3 Å². The molecule has 4 nitrogen and oxygen atoms in total. The Hall–Kier alpha value is -2.53. The summed E-state index contributed by atoms with van der Waals surface area (Å²) in [5, 5.41) is 6.86. The van der Waals surface area contributed by atoms with Gasteiger partial charge >= 0.3 is 0 Å². The molecule has 2 aromatic heterocycles. The van der Waals surface area contributed by atoms with Gasteiger partial charge in [0.2, 0.25) is 0 Å². The van der Waals surface area contributed by atoms with Crippen LogP contribution in [0.5, 0.6) is 0 Å². The van der Waals surface area contributed by atoms with Crippen molar-refractivity contribution >= 4 is 34.4 Å². The highest BCUT2D eigenvalue weighted by Crippen LogP contribution is 2.14. The number of carbonyl (C=O) groups is 1. The normalized spacial score (nSPS) is 11.0. The summed E-state index contributed by atoms with van der Waals surface area (Å²) in [6.07, 6.45) is 3.36. The van der Waals surface area contributed by atoms with Crippen LogP contribution in [0, 0.1) is 0 Å². The SMILES string of the molecule is O=C(N/N=C/c1ccnc2ccccc12)c1cccs1. The number of rotatable bonds is 3. The van der Waals surface area contributed by atoms with E-state index in [-0.39, 0.29) is 5.91 Å². The summed E-state index contributed by atoms with van der Waals surface area (Å²) < 4.78 is 0. The molecule has 1 aromatic carbocycles. The van der Waals surface area contributed by atoms with E-state index in [4.69, 9.17) is 0 Å². The van der Waals surface area contributed by atoms with E-state index in [2.05, 4.69) is 15.5 Å². The van der Waals surface area contributed by atoms with Gasteiger partial charge in [-0.3, -0.25) is 9.78 Å². The molecule has 0 unspecified atom stereocenters. The van der Waals surface area contributed by atoms with Gasteiger partial charge < -0.3 is 0 Å². The summed E-state index contributed by atoms with van der Waals surface area (Å²) in [7, 11) is 0. The Labute approximate surface area is 119 Å². The number of pyridine rings is 1. The average molecular weight is 281 g/mol. The molecule has 2 heterocycles. The third-order valence-electron chi connectivity index (χ3n) is 2.80. The van der Waals surface area contributed by atoms with Crippen molar-refractivity contribution in [2.24, 2.45) is 5.10 Å². The van der Waals surface area contributed by atoms with Crippen LogP contribution in [-0.4, -0.2) is 17.1 Å². The first-order chi connectivity index (χ1) is 9.84. The lowest BCUT2D eigenvalue weighted by Gasteiger charge is -2.00. The molecule has 0 fully saturated rings. The van der Waals surface area contributed by atoms with Crippen molar-refractivity contribution in [3.63, 3.8) is 0 Å². The number of nitrogens with one attached hydrogen (secondary N) is 1. The molecule has 1 amide bonds. The van der Waals surface area contributed by atoms with E-state index in [1.54, 1.807) is 18.5 Å². The fourth-order valence-corrected chi connectivity index (χ4v) is 2.47. The number of hydrogen-bond donors (Lipinski definition) is 1.